The molecule has 0 aromatic heterocycles. The van der Waals surface area contributed by atoms with Gasteiger partial charge in [-0.3, -0.25) is 4.79 Å². The van der Waals surface area contributed by atoms with Gasteiger partial charge in [0.25, 0.3) is 0 Å². The summed E-state index contributed by atoms with van der Waals surface area (Å²) in [5, 5.41) is 26.8. The number of aliphatic hydroxyl groups is 2. The summed E-state index contributed by atoms with van der Waals surface area (Å²) in [6.45, 7) is 0. The fourth-order valence-electron chi connectivity index (χ4n) is 2.21. The van der Waals surface area contributed by atoms with Crippen molar-refractivity contribution in [1.82, 2.24) is 0 Å². The number of benzene rings is 2. The van der Waals surface area contributed by atoms with Crippen molar-refractivity contribution in [3.05, 3.63) is 70.8 Å². The molecule has 0 heterocycles. The van der Waals surface area contributed by atoms with Gasteiger partial charge in [0, 0.05) is 6.42 Å². The van der Waals surface area contributed by atoms with Crippen molar-refractivity contribution < 1.29 is 20.1 Å². The van der Waals surface area contributed by atoms with Gasteiger partial charge in [0.15, 0.2) is 6.29 Å². The zero-order valence-electron chi connectivity index (χ0n) is 12.0. The highest BCUT2D eigenvalue weighted by Gasteiger charge is 2.01. The maximum Gasteiger partial charge on any atom is 0.307 e. The molecule has 4 nitrogen and oxygen atoms in total. The summed E-state index contributed by atoms with van der Waals surface area (Å²) in [4.78, 5) is 10.7. The largest absolute Gasteiger partial charge is 0.481 e. The number of hydrogen-bond acceptors (Lipinski definition) is 3. The number of carbonyl (C=O) groups is 1. The van der Waals surface area contributed by atoms with Crippen molar-refractivity contribution in [1.29, 1.82) is 0 Å². The van der Waals surface area contributed by atoms with Gasteiger partial charge in [0.1, 0.15) is 0 Å². The zero-order valence-corrected chi connectivity index (χ0v) is 12.0. The molecule has 22 heavy (non-hydrogen) atoms. The second kappa shape index (κ2) is 7.54. The van der Waals surface area contributed by atoms with Crippen LogP contribution in [0, 0.1) is 0 Å². The Morgan fingerprint density at radius 3 is 2.05 bits per heavy atom. The van der Waals surface area contributed by atoms with Crippen molar-refractivity contribution in [2.45, 2.75) is 19.1 Å². The fraction of sp³-hybridized carbons (Fsp3) is 0.167. The Morgan fingerprint density at radius 2 is 1.50 bits per heavy atom. The van der Waals surface area contributed by atoms with E-state index < -0.39 is 12.3 Å². The lowest BCUT2D eigenvalue weighted by Crippen LogP contribution is -2.07. The van der Waals surface area contributed by atoms with E-state index in [0.29, 0.717) is 0 Å². The summed E-state index contributed by atoms with van der Waals surface area (Å²) in [7, 11) is 0. The van der Waals surface area contributed by atoms with Crippen molar-refractivity contribution in [3.63, 3.8) is 0 Å². The van der Waals surface area contributed by atoms with Crippen molar-refractivity contribution in [3.8, 4) is 0 Å². The topological polar surface area (TPSA) is 77.8 Å². The van der Waals surface area contributed by atoms with E-state index in [9.17, 15) is 4.79 Å². The Morgan fingerprint density at radius 1 is 0.955 bits per heavy atom. The molecule has 0 atom stereocenters. The molecule has 0 spiro atoms. The van der Waals surface area contributed by atoms with Crippen LogP contribution in [0.4, 0.5) is 0 Å². The smallest absolute Gasteiger partial charge is 0.307 e. The molecule has 2 aromatic carbocycles. The van der Waals surface area contributed by atoms with Crippen LogP contribution in [0.5, 0.6) is 0 Å². The number of hydrogen-bond donors (Lipinski definition) is 3. The Balaban J connectivity index is 2.13. The highest BCUT2D eigenvalue weighted by Crippen LogP contribution is 2.13. The van der Waals surface area contributed by atoms with Crippen molar-refractivity contribution in [2.24, 2.45) is 0 Å². The normalized spacial score (nSPS) is 11.2. The molecule has 0 saturated heterocycles. The molecule has 114 valence electrons. The molecule has 2 rings (SSSR count). The Kier molecular flexibility index (Phi) is 5.47. The maximum absolute atomic E-state index is 10.7. The van der Waals surface area contributed by atoms with Crippen LogP contribution in [-0.2, 0) is 17.6 Å². The molecular weight excluding hydrogens is 280 g/mol. The molecule has 0 fully saturated rings. The third-order valence-corrected chi connectivity index (χ3v) is 3.14. The van der Waals surface area contributed by atoms with E-state index in [4.69, 9.17) is 15.3 Å². The minimum absolute atomic E-state index is 0.00551. The molecule has 0 aliphatic carbocycles. The van der Waals surface area contributed by atoms with Crippen LogP contribution >= 0.6 is 0 Å². The summed E-state index contributed by atoms with van der Waals surface area (Å²) in [5.41, 5.74) is 3.47. The van der Waals surface area contributed by atoms with Crippen molar-refractivity contribution in [2.75, 3.05) is 0 Å². The predicted octanol–water partition coefficient (Wildman–Crippen LogP) is 2.34. The maximum atomic E-state index is 10.7. The predicted molar refractivity (Wildman–Crippen MR) is 85.1 cm³/mol. The van der Waals surface area contributed by atoms with E-state index in [1.165, 1.54) is 0 Å². The molecule has 4 heteroatoms. The Bertz CT molecular complexity index is 674. The molecule has 0 unspecified atom stereocenters. The van der Waals surface area contributed by atoms with Crippen LogP contribution < -0.4 is 0 Å². The molecule has 0 radical (unpaired) electrons. The first-order valence-electron chi connectivity index (χ1n) is 6.97. The van der Waals surface area contributed by atoms with Crippen LogP contribution in [0.2, 0.25) is 0 Å². The molecule has 2 aromatic rings. The van der Waals surface area contributed by atoms with Gasteiger partial charge in [-0.1, -0.05) is 60.7 Å². The van der Waals surface area contributed by atoms with Gasteiger partial charge in [0.05, 0.1) is 6.42 Å². The van der Waals surface area contributed by atoms with Gasteiger partial charge in [-0.2, -0.15) is 0 Å². The van der Waals surface area contributed by atoms with E-state index >= 15 is 0 Å². The number of rotatable bonds is 6. The summed E-state index contributed by atoms with van der Waals surface area (Å²) in [6.07, 6.45) is 2.65. The molecule has 0 amide bonds. The van der Waals surface area contributed by atoms with Gasteiger partial charge in [-0.15, -0.1) is 0 Å². The summed E-state index contributed by atoms with van der Waals surface area (Å²) >= 11 is 0. The molecule has 3 N–H and O–H groups in total. The quantitative estimate of drug-likeness (QED) is 0.565. The highest BCUT2D eigenvalue weighted by atomic mass is 16.5. The average molecular weight is 298 g/mol. The monoisotopic (exact) mass is 298 g/mol. The first kappa shape index (κ1) is 15.9. The zero-order chi connectivity index (χ0) is 15.9. The Labute approximate surface area is 129 Å². The molecule has 0 saturated carbocycles. The first-order chi connectivity index (χ1) is 10.5. The average Bonchev–Trinajstić information content (AvgIpc) is 2.44. The van der Waals surface area contributed by atoms with Crippen LogP contribution in [0.1, 0.15) is 22.3 Å². The number of aliphatic carboxylic acids is 1. The van der Waals surface area contributed by atoms with Crippen molar-refractivity contribution >= 4 is 18.1 Å². The van der Waals surface area contributed by atoms with Gasteiger partial charge in [-0.05, 0) is 22.3 Å². The lowest BCUT2D eigenvalue weighted by Gasteiger charge is -2.04. The van der Waals surface area contributed by atoms with Crippen LogP contribution in [-0.4, -0.2) is 27.6 Å². The van der Waals surface area contributed by atoms with E-state index in [1.54, 1.807) is 6.07 Å². The second-order valence-corrected chi connectivity index (χ2v) is 5.08. The molecule has 0 aliphatic heterocycles. The number of aliphatic hydroxyl groups excluding tert-OH is 1. The Hall–Kier alpha value is -2.43. The highest BCUT2D eigenvalue weighted by molar-refractivity contribution is 5.73. The second-order valence-electron chi connectivity index (χ2n) is 5.08. The fourth-order valence-corrected chi connectivity index (χ4v) is 2.21. The van der Waals surface area contributed by atoms with E-state index in [1.807, 2.05) is 54.6 Å². The minimum atomic E-state index is -1.35. The summed E-state index contributed by atoms with van der Waals surface area (Å²) in [6, 6.07) is 14.9. The van der Waals surface area contributed by atoms with Gasteiger partial charge in [0.2, 0.25) is 0 Å². The third kappa shape index (κ3) is 5.16. The van der Waals surface area contributed by atoms with E-state index in [0.717, 1.165) is 22.3 Å². The first-order valence-corrected chi connectivity index (χ1v) is 6.97. The van der Waals surface area contributed by atoms with E-state index in [-0.39, 0.29) is 12.8 Å². The number of carboxylic acid groups (broad SMARTS) is 1. The van der Waals surface area contributed by atoms with Gasteiger partial charge < -0.3 is 15.3 Å². The third-order valence-electron chi connectivity index (χ3n) is 3.14. The van der Waals surface area contributed by atoms with Crippen LogP contribution in [0.3, 0.4) is 0 Å². The SMILES string of the molecule is O=C(O)Cc1cccc(C=Cc2cccc(CC(O)O)c2)c1. The standard InChI is InChI=1S/C18H18O4/c19-17(20)11-15-5-1-3-13(9-15)7-8-14-4-2-6-16(10-14)12-18(21)22/h1-10,17,19-20H,11-12H2,(H,21,22). The molecule has 0 bridgehead atoms. The van der Waals surface area contributed by atoms with Gasteiger partial charge >= 0.3 is 5.97 Å². The van der Waals surface area contributed by atoms with Crippen LogP contribution in [0.25, 0.3) is 12.2 Å². The molecular formula is C18H18O4. The van der Waals surface area contributed by atoms with Crippen LogP contribution in [0.15, 0.2) is 48.5 Å². The molecule has 0 aliphatic rings. The summed E-state index contributed by atoms with van der Waals surface area (Å²) in [5.74, 6) is -0.851. The minimum Gasteiger partial charge on any atom is -0.481 e. The lowest BCUT2D eigenvalue weighted by molar-refractivity contribution is -0.136. The summed E-state index contributed by atoms with van der Waals surface area (Å²) < 4.78 is 0. The van der Waals surface area contributed by atoms with Gasteiger partial charge in [-0.25, -0.2) is 0 Å². The lowest BCUT2D eigenvalue weighted by atomic mass is 10.0. The number of carboxylic acids is 1. The van der Waals surface area contributed by atoms with E-state index in [2.05, 4.69) is 0 Å².